The second-order valence-electron chi connectivity index (χ2n) is 4.81. The molecule has 1 aromatic carbocycles. The van der Waals surface area contributed by atoms with Crippen molar-refractivity contribution in [3.05, 3.63) is 64.2 Å². The Kier molecular flexibility index (Phi) is 3.93. The van der Waals surface area contributed by atoms with Crippen molar-refractivity contribution in [2.45, 2.75) is 26.8 Å². The number of benzene rings is 1. The fourth-order valence-corrected chi connectivity index (χ4v) is 2.60. The Morgan fingerprint density at radius 1 is 1.21 bits per heavy atom. The maximum Gasteiger partial charge on any atom is 0.146 e. The van der Waals surface area contributed by atoms with Gasteiger partial charge in [0.1, 0.15) is 5.82 Å². The molecule has 0 aliphatic carbocycles. The predicted molar refractivity (Wildman–Crippen MR) is 74.0 cm³/mol. The summed E-state index contributed by atoms with van der Waals surface area (Å²) in [6, 6.07) is 5.43. The molecule has 0 aliphatic heterocycles. The maximum absolute atomic E-state index is 13.9. The zero-order valence-electron chi connectivity index (χ0n) is 11.4. The molecule has 3 N–H and O–H groups in total. The van der Waals surface area contributed by atoms with E-state index in [1.54, 1.807) is 12.3 Å². The van der Waals surface area contributed by atoms with Gasteiger partial charge in [0.15, 0.2) is 0 Å². The molecule has 0 spiro atoms. The number of hydrazine groups is 1. The van der Waals surface area contributed by atoms with Gasteiger partial charge in [0.25, 0.3) is 0 Å². The van der Waals surface area contributed by atoms with Crippen LogP contribution in [0, 0.1) is 26.6 Å². The lowest BCUT2D eigenvalue weighted by Crippen LogP contribution is -2.30. The van der Waals surface area contributed by atoms with Crippen LogP contribution in [0.1, 0.15) is 33.9 Å². The quantitative estimate of drug-likeness (QED) is 0.658. The van der Waals surface area contributed by atoms with Gasteiger partial charge >= 0.3 is 0 Å². The first-order chi connectivity index (χ1) is 9.04. The van der Waals surface area contributed by atoms with E-state index in [-0.39, 0.29) is 11.9 Å². The van der Waals surface area contributed by atoms with Crippen LogP contribution in [-0.2, 0) is 0 Å². The van der Waals surface area contributed by atoms with Crippen molar-refractivity contribution in [3.8, 4) is 0 Å². The second kappa shape index (κ2) is 5.47. The molecule has 0 fully saturated rings. The van der Waals surface area contributed by atoms with Crippen molar-refractivity contribution in [1.82, 2.24) is 10.4 Å². The van der Waals surface area contributed by atoms with E-state index >= 15 is 0 Å². The summed E-state index contributed by atoms with van der Waals surface area (Å²) < 4.78 is 13.9. The summed E-state index contributed by atoms with van der Waals surface area (Å²) in [7, 11) is 0. The monoisotopic (exact) mass is 259 g/mol. The fourth-order valence-electron chi connectivity index (χ4n) is 2.60. The van der Waals surface area contributed by atoms with Crippen LogP contribution in [0.25, 0.3) is 0 Å². The van der Waals surface area contributed by atoms with Crippen LogP contribution in [0.15, 0.2) is 30.6 Å². The minimum Gasteiger partial charge on any atom is -0.271 e. The SMILES string of the molecule is Cc1cc(C)c(C(NN)c2ccncc2F)c(C)c1. The topological polar surface area (TPSA) is 50.9 Å². The number of rotatable bonds is 3. The normalized spacial score (nSPS) is 12.5. The summed E-state index contributed by atoms with van der Waals surface area (Å²) in [5.74, 6) is 5.29. The average Bonchev–Trinajstić information content (AvgIpc) is 2.34. The summed E-state index contributed by atoms with van der Waals surface area (Å²) >= 11 is 0. The van der Waals surface area contributed by atoms with E-state index in [1.807, 2.05) is 20.8 Å². The Morgan fingerprint density at radius 3 is 2.37 bits per heavy atom. The molecule has 0 radical (unpaired) electrons. The average molecular weight is 259 g/mol. The van der Waals surface area contributed by atoms with E-state index < -0.39 is 0 Å². The third-order valence-corrected chi connectivity index (χ3v) is 3.31. The molecule has 1 atom stereocenters. The molecule has 0 saturated heterocycles. The Labute approximate surface area is 112 Å². The molecule has 0 saturated carbocycles. The number of nitrogens with zero attached hydrogens (tertiary/aromatic N) is 1. The summed E-state index contributed by atoms with van der Waals surface area (Å²) in [6.45, 7) is 6.07. The van der Waals surface area contributed by atoms with Gasteiger partial charge in [-0.3, -0.25) is 10.8 Å². The first kappa shape index (κ1) is 13.6. The first-order valence-electron chi connectivity index (χ1n) is 6.18. The molecule has 1 heterocycles. The lowest BCUT2D eigenvalue weighted by molar-refractivity contribution is 0.553. The van der Waals surface area contributed by atoms with Gasteiger partial charge in [0.05, 0.1) is 12.2 Å². The summed E-state index contributed by atoms with van der Waals surface area (Å²) in [4.78, 5) is 3.77. The molecule has 1 aromatic heterocycles. The van der Waals surface area contributed by atoms with Gasteiger partial charge < -0.3 is 0 Å². The van der Waals surface area contributed by atoms with Crippen LogP contribution >= 0.6 is 0 Å². The third-order valence-electron chi connectivity index (χ3n) is 3.31. The van der Waals surface area contributed by atoms with Gasteiger partial charge in [-0.2, -0.15) is 0 Å². The van der Waals surface area contributed by atoms with Gasteiger partial charge in [-0.15, -0.1) is 0 Å². The zero-order chi connectivity index (χ0) is 14.0. The zero-order valence-corrected chi connectivity index (χ0v) is 11.4. The molecule has 4 heteroatoms. The van der Waals surface area contributed by atoms with Crippen molar-refractivity contribution in [2.24, 2.45) is 5.84 Å². The number of hydrogen-bond donors (Lipinski definition) is 2. The Balaban J connectivity index is 2.58. The third kappa shape index (κ3) is 2.64. The number of pyridine rings is 1. The van der Waals surface area contributed by atoms with Gasteiger partial charge in [-0.05, 0) is 43.5 Å². The number of aryl methyl sites for hydroxylation is 3. The van der Waals surface area contributed by atoms with Crippen LogP contribution in [0.2, 0.25) is 0 Å². The van der Waals surface area contributed by atoms with Gasteiger partial charge in [0.2, 0.25) is 0 Å². The minimum atomic E-state index is -0.372. The van der Waals surface area contributed by atoms with Crippen molar-refractivity contribution < 1.29 is 4.39 Å². The van der Waals surface area contributed by atoms with Crippen molar-refractivity contribution in [1.29, 1.82) is 0 Å². The highest BCUT2D eigenvalue weighted by Gasteiger charge is 2.20. The molecule has 0 aliphatic rings. The van der Waals surface area contributed by atoms with Gasteiger partial charge in [-0.25, -0.2) is 9.82 Å². The molecule has 100 valence electrons. The van der Waals surface area contributed by atoms with Gasteiger partial charge in [-0.1, -0.05) is 17.7 Å². The van der Waals surface area contributed by atoms with Crippen LogP contribution in [0.5, 0.6) is 0 Å². The summed E-state index contributed by atoms with van der Waals surface area (Å²) in [5.41, 5.74) is 7.60. The standard InChI is InChI=1S/C15H18FN3/c1-9-6-10(2)14(11(3)7-9)15(19-17)12-4-5-18-8-13(12)16/h4-8,15,19H,17H2,1-3H3. The maximum atomic E-state index is 13.9. The van der Waals surface area contributed by atoms with Crippen LogP contribution < -0.4 is 11.3 Å². The highest BCUT2D eigenvalue weighted by molar-refractivity contribution is 5.44. The van der Waals surface area contributed by atoms with Gasteiger partial charge in [0, 0.05) is 11.8 Å². The Hall–Kier alpha value is -1.78. The smallest absolute Gasteiger partial charge is 0.146 e. The highest BCUT2D eigenvalue weighted by Crippen LogP contribution is 2.29. The van der Waals surface area contributed by atoms with Crippen LogP contribution in [0.3, 0.4) is 0 Å². The van der Waals surface area contributed by atoms with E-state index in [9.17, 15) is 4.39 Å². The molecule has 0 bridgehead atoms. The van der Waals surface area contributed by atoms with E-state index in [4.69, 9.17) is 5.84 Å². The molecule has 2 rings (SSSR count). The van der Waals surface area contributed by atoms with Crippen molar-refractivity contribution in [3.63, 3.8) is 0 Å². The number of aromatic nitrogens is 1. The van der Waals surface area contributed by atoms with E-state index in [2.05, 4.69) is 22.5 Å². The number of nitrogens with two attached hydrogens (primary N) is 1. The highest BCUT2D eigenvalue weighted by atomic mass is 19.1. The molecule has 0 amide bonds. The number of halogens is 1. The second-order valence-corrected chi connectivity index (χ2v) is 4.81. The number of nitrogens with one attached hydrogen (secondary N) is 1. The van der Waals surface area contributed by atoms with E-state index in [0.29, 0.717) is 5.56 Å². The Bertz CT molecular complexity index is 573. The molecule has 3 nitrogen and oxygen atoms in total. The first-order valence-corrected chi connectivity index (χ1v) is 6.18. The number of hydrogen-bond acceptors (Lipinski definition) is 3. The largest absolute Gasteiger partial charge is 0.271 e. The van der Waals surface area contributed by atoms with Crippen LogP contribution in [-0.4, -0.2) is 4.98 Å². The predicted octanol–water partition coefficient (Wildman–Crippen LogP) is 2.70. The molecule has 1 unspecified atom stereocenters. The Morgan fingerprint density at radius 2 is 1.84 bits per heavy atom. The fraction of sp³-hybridized carbons (Fsp3) is 0.267. The van der Waals surface area contributed by atoms with Crippen molar-refractivity contribution >= 4 is 0 Å². The summed E-state index contributed by atoms with van der Waals surface area (Å²) in [5, 5.41) is 0. The molecular weight excluding hydrogens is 241 g/mol. The van der Waals surface area contributed by atoms with Crippen molar-refractivity contribution in [2.75, 3.05) is 0 Å². The molecule has 19 heavy (non-hydrogen) atoms. The summed E-state index contributed by atoms with van der Waals surface area (Å²) in [6.07, 6.45) is 2.78. The van der Waals surface area contributed by atoms with E-state index in [0.717, 1.165) is 16.7 Å². The molecule has 2 aromatic rings. The van der Waals surface area contributed by atoms with E-state index in [1.165, 1.54) is 11.8 Å². The lowest BCUT2D eigenvalue weighted by atomic mass is 9.90. The van der Waals surface area contributed by atoms with Crippen LogP contribution in [0.4, 0.5) is 4.39 Å². The lowest BCUT2D eigenvalue weighted by Gasteiger charge is -2.22. The minimum absolute atomic E-state index is 0.357. The molecular formula is C15H18FN3.